The summed E-state index contributed by atoms with van der Waals surface area (Å²) in [6.07, 6.45) is 2.62. The number of aromatic nitrogens is 1. The molecule has 1 aliphatic rings. The van der Waals surface area contributed by atoms with Gasteiger partial charge in [0, 0.05) is 24.5 Å². The van der Waals surface area contributed by atoms with Crippen molar-refractivity contribution in [1.82, 2.24) is 9.88 Å². The van der Waals surface area contributed by atoms with Gasteiger partial charge in [-0.3, -0.25) is 0 Å². The lowest BCUT2D eigenvalue weighted by Crippen LogP contribution is -2.44. The van der Waals surface area contributed by atoms with Crippen molar-refractivity contribution in [1.29, 1.82) is 0 Å². The second kappa shape index (κ2) is 6.64. The molecule has 2 heterocycles. The molecule has 0 atom stereocenters. The number of rotatable bonds is 3. The van der Waals surface area contributed by atoms with Gasteiger partial charge in [0.15, 0.2) is 5.13 Å². The lowest BCUT2D eigenvalue weighted by atomic mass is 10.1. The molecule has 0 spiro atoms. The lowest BCUT2D eigenvalue weighted by molar-refractivity contribution is 0.0210. The average molecular weight is 311 g/mol. The molecular formula is C15H25N3O2S. The van der Waals surface area contributed by atoms with Crippen LogP contribution in [0.2, 0.25) is 0 Å². The third kappa shape index (κ3) is 4.88. The number of hydrogen-bond acceptors (Lipinski definition) is 5. The Balaban J connectivity index is 1.79. The molecule has 1 N–H and O–H groups in total. The molecule has 1 aromatic heterocycles. The Morgan fingerprint density at radius 1 is 1.48 bits per heavy atom. The number of carbonyl (C=O) groups excluding carboxylic acids is 1. The minimum atomic E-state index is -0.427. The molecular weight excluding hydrogens is 286 g/mol. The summed E-state index contributed by atoms with van der Waals surface area (Å²) in [5, 5.41) is 6.56. The van der Waals surface area contributed by atoms with E-state index in [-0.39, 0.29) is 6.09 Å². The van der Waals surface area contributed by atoms with E-state index in [9.17, 15) is 4.79 Å². The van der Waals surface area contributed by atoms with Crippen LogP contribution in [0.3, 0.4) is 0 Å². The maximum Gasteiger partial charge on any atom is 0.410 e. The highest BCUT2D eigenvalue weighted by Crippen LogP contribution is 2.21. The van der Waals surface area contributed by atoms with Gasteiger partial charge in [-0.25, -0.2) is 9.78 Å². The fourth-order valence-corrected chi connectivity index (χ4v) is 3.11. The van der Waals surface area contributed by atoms with Crippen molar-refractivity contribution in [2.45, 2.75) is 58.6 Å². The van der Waals surface area contributed by atoms with Crippen molar-refractivity contribution >= 4 is 22.6 Å². The van der Waals surface area contributed by atoms with E-state index in [1.807, 2.05) is 20.8 Å². The number of piperidine rings is 1. The van der Waals surface area contributed by atoms with Crippen LogP contribution < -0.4 is 5.32 Å². The van der Waals surface area contributed by atoms with E-state index in [2.05, 4.69) is 22.6 Å². The first-order valence-corrected chi connectivity index (χ1v) is 8.44. The van der Waals surface area contributed by atoms with Crippen molar-refractivity contribution in [3.05, 3.63) is 11.1 Å². The van der Waals surface area contributed by atoms with Gasteiger partial charge in [-0.15, -0.1) is 11.3 Å². The van der Waals surface area contributed by atoms with Crippen LogP contribution in [0, 0.1) is 0 Å². The predicted molar refractivity (Wildman–Crippen MR) is 85.9 cm³/mol. The minimum Gasteiger partial charge on any atom is -0.444 e. The molecule has 118 valence electrons. The van der Waals surface area contributed by atoms with Gasteiger partial charge in [-0.05, 0) is 40.0 Å². The molecule has 2 rings (SSSR count). The van der Waals surface area contributed by atoms with Crippen LogP contribution in [-0.2, 0) is 11.2 Å². The van der Waals surface area contributed by atoms with Crippen LogP contribution in [0.15, 0.2) is 5.38 Å². The van der Waals surface area contributed by atoms with E-state index in [1.165, 1.54) is 0 Å². The summed E-state index contributed by atoms with van der Waals surface area (Å²) >= 11 is 1.66. The molecule has 1 fully saturated rings. The van der Waals surface area contributed by atoms with Crippen molar-refractivity contribution < 1.29 is 9.53 Å². The van der Waals surface area contributed by atoms with Gasteiger partial charge < -0.3 is 15.0 Å². The van der Waals surface area contributed by atoms with Gasteiger partial charge in [-0.2, -0.15) is 0 Å². The second-order valence-corrected chi connectivity index (χ2v) is 7.24. The van der Waals surface area contributed by atoms with E-state index < -0.39 is 5.60 Å². The second-order valence-electron chi connectivity index (χ2n) is 6.38. The first-order valence-electron chi connectivity index (χ1n) is 7.56. The summed E-state index contributed by atoms with van der Waals surface area (Å²) in [7, 11) is 0. The van der Waals surface area contributed by atoms with Crippen LogP contribution in [0.1, 0.15) is 46.2 Å². The highest BCUT2D eigenvalue weighted by atomic mass is 32.1. The molecule has 0 saturated carbocycles. The molecule has 0 radical (unpaired) electrons. The Kier molecular flexibility index (Phi) is 5.08. The SMILES string of the molecule is CCc1csc(NC2CCN(C(=O)OC(C)(C)C)CC2)n1. The van der Waals surface area contributed by atoms with Crippen molar-refractivity contribution in [2.75, 3.05) is 18.4 Å². The molecule has 5 nitrogen and oxygen atoms in total. The van der Waals surface area contributed by atoms with E-state index in [4.69, 9.17) is 4.74 Å². The first kappa shape index (κ1) is 16.1. The Hall–Kier alpha value is -1.30. The van der Waals surface area contributed by atoms with Gasteiger partial charge in [0.2, 0.25) is 0 Å². The Morgan fingerprint density at radius 2 is 2.14 bits per heavy atom. The summed E-state index contributed by atoms with van der Waals surface area (Å²) in [6, 6.07) is 0.388. The third-order valence-electron chi connectivity index (χ3n) is 3.39. The third-order valence-corrected chi connectivity index (χ3v) is 4.21. The smallest absolute Gasteiger partial charge is 0.410 e. The summed E-state index contributed by atoms with van der Waals surface area (Å²) in [6.45, 7) is 9.27. The van der Waals surface area contributed by atoms with Crippen LogP contribution in [0.4, 0.5) is 9.93 Å². The molecule has 1 aliphatic heterocycles. The molecule has 21 heavy (non-hydrogen) atoms. The van der Waals surface area contributed by atoms with Crippen molar-refractivity contribution in [2.24, 2.45) is 0 Å². The molecule has 0 aromatic carbocycles. The molecule has 0 unspecified atom stereocenters. The Morgan fingerprint density at radius 3 is 2.67 bits per heavy atom. The quantitative estimate of drug-likeness (QED) is 0.928. The summed E-state index contributed by atoms with van der Waals surface area (Å²) in [4.78, 5) is 18.3. The number of likely N-dealkylation sites (tertiary alicyclic amines) is 1. The van der Waals surface area contributed by atoms with E-state index in [0.717, 1.165) is 43.2 Å². The van der Waals surface area contributed by atoms with Crippen LogP contribution in [-0.4, -0.2) is 40.7 Å². The van der Waals surface area contributed by atoms with E-state index in [0.29, 0.717) is 6.04 Å². The number of hydrogen-bond donors (Lipinski definition) is 1. The fraction of sp³-hybridized carbons (Fsp3) is 0.733. The number of thiazole rings is 1. The van der Waals surface area contributed by atoms with Gasteiger partial charge >= 0.3 is 6.09 Å². The van der Waals surface area contributed by atoms with E-state index >= 15 is 0 Å². The van der Waals surface area contributed by atoms with E-state index in [1.54, 1.807) is 16.2 Å². The molecule has 1 saturated heterocycles. The zero-order valence-electron chi connectivity index (χ0n) is 13.3. The standard InChI is InChI=1S/C15H25N3O2S/c1-5-11-10-21-13(16-11)17-12-6-8-18(9-7-12)14(19)20-15(2,3)4/h10,12H,5-9H2,1-4H3,(H,16,17). The monoisotopic (exact) mass is 311 g/mol. The zero-order chi connectivity index (χ0) is 15.5. The topological polar surface area (TPSA) is 54.5 Å². The van der Waals surface area contributed by atoms with Crippen molar-refractivity contribution in [3.63, 3.8) is 0 Å². The first-order chi connectivity index (χ1) is 9.87. The number of amides is 1. The number of aryl methyl sites for hydroxylation is 1. The Labute approximate surface area is 130 Å². The van der Waals surface area contributed by atoms with Gasteiger partial charge in [0.1, 0.15) is 5.60 Å². The zero-order valence-corrected chi connectivity index (χ0v) is 14.1. The number of nitrogens with zero attached hydrogens (tertiary/aromatic N) is 2. The Bertz CT molecular complexity index is 474. The lowest BCUT2D eigenvalue weighted by Gasteiger charge is -2.33. The summed E-state index contributed by atoms with van der Waals surface area (Å²) in [5.74, 6) is 0. The molecule has 1 aromatic rings. The van der Waals surface area contributed by atoms with Crippen LogP contribution in [0.5, 0.6) is 0 Å². The number of carbonyl (C=O) groups is 1. The maximum atomic E-state index is 12.0. The normalized spacial score (nSPS) is 16.9. The van der Waals surface area contributed by atoms with Crippen LogP contribution >= 0.6 is 11.3 Å². The number of ether oxygens (including phenoxy) is 1. The maximum absolute atomic E-state index is 12.0. The van der Waals surface area contributed by atoms with Crippen molar-refractivity contribution in [3.8, 4) is 0 Å². The summed E-state index contributed by atoms with van der Waals surface area (Å²) in [5.41, 5.74) is 0.706. The van der Waals surface area contributed by atoms with Gasteiger partial charge in [0.25, 0.3) is 0 Å². The number of anilines is 1. The highest BCUT2D eigenvalue weighted by molar-refractivity contribution is 7.13. The van der Waals surface area contributed by atoms with Gasteiger partial charge in [-0.1, -0.05) is 6.92 Å². The van der Waals surface area contributed by atoms with Gasteiger partial charge in [0.05, 0.1) is 5.69 Å². The largest absolute Gasteiger partial charge is 0.444 e. The molecule has 6 heteroatoms. The minimum absolute atomic E-state index is 0.205. The predicted octanol–water partition coefficient (Wildman–Crippen LogP) is 3.52. The average Bonchev–Trinajstić information content (AvgIpc) is 2.85. The highest BCUT2D eigenvalue weighted by Gasteiger charge is 2.27. The molecule has 1 amide bonds. The molecule has 0 aliphatic carbocycles. The molecule has 0 bridgehead atoms. The number of nitrogens with one attached hydrogen (secondary N) is 1. The summed E-state index contributed by atoms with van der Waals surface area (Å²) < 4.78 is 5.40. The fourth-order valence-electron chi connectivity index (χ4n) is 2.24. The van der Waals surface area contributed by atoms with Crippen LogP contribution in [0.25, 0.3) is 0 Å².